The molecule has 0 bridgehead atoms. The van der Waals surface area contributed by atoms with Gasteiger partial charge < -0.3 is 9.84 Å². The van der Waals surface area contributed by atoms with E-state index in [1.54, 1.807) is 13.0 Å². The van der Waals surface area contributed by atoms with E-state index in [0.29, 0.717) is 19.3 Å². The fourth-order valence-electron chi connectivity index (χ4n) is 7.03. The quantitative estimate of drug-likeness (QED) is 0.649. The molecule has 6 nitrogen and oxygen atoms in total. The van der Waals surface area contributed by atoms with Gasteiger partial charge in [0.25, 0.3) is 0 Å². The van der Waals surface area contributed by atoms with Crippen molar-refractivity contribution in [1.29, 1.82) is 0 Å². The maximum atomic E-state index is 13.8. The molecular formula is C29H31NO5. The van der Waals surface area contributed by atoms with Crippen LogP contribution in [0.15, 0.2) is 66.7 Å². The molecule has 0 aromatic heterocycles. The number of para-hydroxylation sites is 1. The Morgan fingerprint density at radius 3 is 2.49 bits per heavy atom. The number of anilines is 1. The molecule has 1 unspecified atom stereocenters. The first kappa shape index (κ1) is 22.5. The van der Waals surface area contributed by atoms with Crippen LogP contribution < -0.4 is 5.06 Å². The molecule has 1 saturated carbocycles. The van der Waals surface area contributed by atoms with E-state index >= 15 is 0 Å². The summed E-state index contributed by atoms with van der Waals surface area (Å²) in [5, 5.41) is 13.6. The van der Waals surface area contributed by atoms with Crippen LogP contribution in [0.25, 0.3) is 0 Å². The zero-order valence-electron chi connectivity index (χ0n) is 20.3. The summed E-state index contributed by atoms with van der Waals surface area (Å²) < 4.78 is 6.07. The van der Waals surface area contributed by atoms with Crippen LogP contribution in [0.4, 0.5) is 5.69 Å². The first-order chi connectivity index (χ1) is 16.7. The van der Waals surface area contributed by atoms with Gasteiger partial charge in [0, 0.05) is 12.3 Å². The molecule has 1 spiro atoms. The molecule has 0 radical (unpaired) electrons. The van der Waals surface area contributed by atoms with E-state index in [1.165, 1.54) is 6.08 Å². The van der Waals surface area contributed by atoms with Crippen molar-refractivity contribution >= 4 is 17.4 Å². The second kappa shape index (κ2) is 7.52. The smallest absolute Gasteiger partial charge is 0.342 e. The van der Waals surface area contributed by atoms with Crippen LogP contribution in [-0.2, 0) is 19.2 Å². The van der Waals surface area contributed by atoms with Gasteiger partial charge in [0.1, 0.15) is 11.7 Å². The molecule has 7 atom stereocenters. The fourth-order valence-corrected chi connectivity index (χ4v) is 7.03. The zero-order chi connectivity index (χ0) is 24.6. The molecule has 2 heterocycles. The number of ether oxygens (including phenoxy) is 1. The Kier molecular flexibility index (Phi) is 4.83. The molecule has 0 amide bonds. The zero-order valence-corrected chi connectivity index (χ0v) is 20.3. The molecule has 6 rings (SSSR count). The highest BCUT2D eigenvalue weighted by Crippen LogP contribution is 2.61. The van der Waals surface area contributed by atoms with E-state index in [9.17, 15) is 14.7 Å². The molecule has 2 aliphatic carbocycles. The van der Waals surface area contributed by atoms with Crippen LogP contribution in [-0.4, -0.2) is 34.2 Å². The number of allylic oxidation sites excluding steroid dienone is 1. The lowest BCUT2D eigenvalue weighted by atomic mass is 9.63. The summed E-state index contributed by atoms with van der Waals surface area (Å²) in [7, 11) is 0. The van der Waals surface area contributed by atoms with Gasteiger partial charge >= 0.3 is 5.97 Å². The molecule has 2 aliphatic heterocycles. The molecule has 4 aliphatic rings. The lowest BCUT2D eigenvalue weighted by Gasteiger charge is -2.43. The van der Waals surface area contributed by atoms with Crippen molar-refractivity contribution in [2.45, 2.75) is 63.4 Å². The SMILES string of the molecule is Cc1ccccc1C1C[C@@]2(ON1c1ccccc1)C(=O)O[C@@H]1[C@H]2CC[C@H](C)[C@]2(O)C=CC(=O)[C@@]12C. The van der Waals surface area contributed by atoms with E-state index in [-0.39, 0.29) is 23.7 Å². The number of aryl methyl sites for hydroxylation is 1. The van der Waals surface area contributed by atoms with Crippen LogP contribution in [0.3, 0.4) is 0 Å². The van der Waals surface area contributed by atoms with Crippen molar-refractivity contribution < 1.29 is 24.3 Å². The summed E-state index contributed by atoms with van der Waals surface area (Å²) in [5.41, 5.74) is -0.765. The molecule has 35 heavy (non-hydrogen) atoms. The fraction of sp³-hybridized carbons (Fsp3) is 0.448. The molecule has 6 heteroatoms. The standard InChI is InChI=1S/C29H31NO5/c1-18-9-7-8-12-21(18)23-17-28(35-30(23)20-10-5-4-6-11-20)22-14-13-19(2)29(33)16-15-24(31)27(29,3)25(22)34-26(28)32/h4-12,15-16,19,22-23,25,33H,13-14,17H2,1-3H3/t19-,22+,23?,25+,27-,28-,29+/m0/s1. The van der Waals surface area contributed by atoms with E-state index in [2.05, 4.69) is 19.1 Å². The molecule has 182 valence electrons. The van der Waals surface area contributed by atoms with Crippen LogP contribution in [0.2, 0.25) is 0 Å². The lowest BCUT2D eigenvalue weighted by Crippen LogP contribution is -2.57. The first-order valence-corrected chi connectivity index (χ1v) is 12.5. The number of ketones is 1. The molecule has 2 aromatic carbocycles. The number of carbonyl (C=O) groups is 2. The van der Waals surface area contributed by atoms with Gasteiger partial charge in [-0.3, -0.25) is 9.63 Å². The third kappa shape index (κ3) is 2.84. The minimum Gasteiger partial charge on any atom is -0.459 e. The third-order valence-electron chi connectivity index (χ3n) is 9.21. The maximum absolute atomic E-state index is 13.8. The Balaban J connectivity index is 1.47. The number of benzene rings is 2. The number of esters is 1. The van der Waals surface area contributed by atoms with Crippen molar-refractivity contribution in [2.24, 2.45) is 17.3 Å². The molecule has 2 saturated heterocycles. The van der Waals surface area contributed by atoms with Gasteiger partial charge in [0.15, 0.2) is 5.78 Å². The number of hydroxylamine groups is 1. The minimum absolute atomic E-state index is 0.157. The number of hydrogen-bond donors (Lipinski definition) is 1. The highest BCUT2D eigenvalue weighted by atomic mass is 16.7. The van der Waals surface area contributed by atoms with Crippen molar-refractivity contribution in [3.8, 4) is 0 Å². The Bertz CT molecular complexity index is 1230. The van der Waals surface area contributed by atoms with Gasteiger partial charge in [-0.05, 0) is 68.0 Å². The lowest BCUT2D eigenvalue weighted by molar-refractivity contribution is -0.169. The second-order valence-electron chi connectivity index (χ2n) is 10.9. The highest BCUT2D eigenvalue weighted by Gasteiger charge is 2.74. The Morgan fingerprint density at radius 2 is 1.74 bits per heavy atom. The van der Waals surface area contributed by atoms with Gasteiger partial charge in [0.05, 0.1) is 17.1 Å². The van der Waals surface area contributed by atoms with Gasteiger partial charge in [-0.2, -0.15) is 0 Å². The van der Waals surface area contributed by atoms with E-state index in [4.69, 9.17) is 9.57 Å². The predicted octanol–water partition coefficient (Wildman–Crippen LogP) is 4.46. The average molecular weight is 474 g/mol. The number of nitrogens with zero attached hydrogens (tertiary/aromatic N) is 1. The van der Waals surface area contributed by atoms with Crippen LogP contribution in [0.5, 0.6) is 0 Å². The molecule has 2 aromatic rings. The van der Waals surface area contributed by atoms with Crippen LogP contribution in [0.1, 0.15) is 50.3 Å². The summed E-state index contributed by atoms with van der Waals surface area (Å²) in [5.74, 6) is -1.15. The van der Waals surface area contributed by atoms with Crippen LogP contribution >= 0.6 is 0 Å². The first-order valence-electron chi connectivity index (χ1n) is 12.5. The highest BCUT2D eigenvalue weighted by molar-refractivity contribution is 6.00. The van der Waals surface area contributed by atoms with Crippen molar-refractivity contribution in [1.82, 2.24) is 0 Å². The average Bonchev–Trinajstić information content (AvgIpc) is 3.45. The van der Waals surface area contributed by atoms with Gasteiger partial charge in [-0.25, -0.2) is 9.86 Å². The largest absolute Gasteiger partial charge is 0.459 e. The van der Waals surface area contributed by atoms with Crippen molar-refractivity contribution in [2.75, 3.05) is 5.06 Å². The third-order valence-corrected chi connectivity index (χ3v) is 9.21. The number of carbonyl (C=O) groups excluding carboxylic acids is 2. The normalized spacial score (nSPS) is 40.1. The minimum atomic E-state index is -1.36. The summed E-state index contributed by atoms with van der Waals surface area (Å²) in [6.07, 6.45) is 4.01. The van der Waals surface area contributed by atoms with Crippen molar-refractivity contribution in [3.05, 3.63) is 77.9 Å². The summed E-state index contributed by atoms with van der Waals surface area (Å²) >= 11 is 0. The molecular weight excluding hydrogens is 442 g/mol. The van der Waals surface area contributed by atoms with E-state index in [0.717, 1.165) is 16.8 Å². The second-order valence-corrected chi connectivity index (χ2v) is 10.9. The topological polar surface area (TPSA) is 76.1 Å². The summed E-state index contributed by atoms with van der Waals surface area (Å²) in [6, 6.07) is 17.8. The number of aliphatic hydroxyl groups is 1. The van der Waals surface area contributed by atoms with Gasteiger partial charge in [0.2, 0.25) is 5.60 Å². The Labute approximate surface area is 205 Å². The van der Waals surface area contributed by atoms with Crippen LogP contribution in [0, 0.1) is 24.2 Å². The Hall–Kier alpha value is -2.96. The van der Waals surface area contributed by atoms with Gasteiger partial charge in [-0.1, -0.05) is 49.4 Å². The van der Waals surface area contributed by atoms with Crippen molar-refractivity contribution in [3.63, 3.8) is 0 Å². The van der Waals surface area contributed by atoms with E-state index in [1.807, 2.05) is 54.5 Å². The Morgan fingerprint density at radius 1 is 1.03 bits per heavy atom. The summed E-state index contributed by atoms with van der Waals surface area (Å²) in [4.78, 5) is 33.7. The number of rotatable bonds is 2. The summed E-state index contributed by atoms with van der Waals surface area (Å²) in [6.45, 7) is 5.79. The van der Waals surface area contributed by atoms with E-state index < -0.39 is 28.7 Å². The molecule has 3 fully saturated rings. The maximum Gasteiger partial charge on any atom is 0.342 e. The number of fused-ring (bicyclic) bond motifs is 4. The number of hydrogen-bond acceptors (Lipinski definition) is 6. The molecule has 1 N–H and O–H groups in total. The monoisotopic (exact) mass is 473 g/mol. The van der Waals surface area contributed by atoms with Gasteiger partial charge in [-0.15, -0.1) is 0 Å². The predicted molar refractivity (Wildman–Crippen MR) is 130 cm³/mol.